The lowest BCUT2D eigenvalue weighted by Gasteiger charge is -2.21. The molecule has 0 bridgehead atoms. The van der Waals surface area contributed by atoms with Gasteiger partial charge in [-0.2, -0.15) is 4.98 Å². The van der Waals surface area contributed by atoms with E-state index in [0.29, 0.717) is 10.4 Å². The first-order valence-corrected chi connectivity index (χ1v) is 8.55. The Kier molecular flexibility index (Phi) is 3.64. The van der Waals surface area contributed by atoms with Gasteiger partial charge in [-0.15, -0.1) is 0 Å². The van der Waals surface area contributed by atoms with Crippen molar-refractivity contribution in [2.24, 2.45) is 0 Å². The number of hydrogen-bond acceptors (Lipinski definition) is 4. The largest absolute Gasteiger partial charge is 0.369 e. The van der Waals surface area contributed by atoms with Gasteiger partial charge in [-0.25, -0.2) is 9.37 Å². The molecule has 6 nitrogen and oxygen atoms in total. The Morgan fingerprint density at radius 1 is 1.33 bits per heavy atom. The zero-order valence-electron chi connectivity index (χ0n) is 12.7. The average molecular weight is 392 g/mol. The fourth-order valence-electron chi connectivity index (χ4n) is 3.43. The molecule has 2 heterocycles. The van der Waals surface area contributed by atoms with Gasteiger partial charge in [0.1, 0.15) is 5.82 Å². The van der Waals surface area contributed by atoms with Crippen molar-refractivity contribution < 1.29 is 4.39 Å². The molecule has 0 saturated heterocycles. The van der Waals surface area contributed by atoms with Gasteiger partial charge in [-0.05, 0) is 58.5 Å². The third kappa shape index (κ3) is 2.41. The second-order valence-electron chi connectivity index (χ2n) is 5.98. The molecule has 0 aliphatic heterocycles. The van der Waals surface area contributed by atoms with Gasteiger partial charge >= 0.3 is 0 Å². The molecule has 2 aromatic heterocycles. The molecule has 0 amide bonds. The number of benzene rings is 1. The van der Waals surface area contributed by atoms with Crippen molar-refractivity contribution in [3.63, 3.8) is 0 Å². The molecule has 1 aliphatic rings. The summed E-state index contributed by atoms with van der Waals surface area (Å²) in [5.74, 6) is -0.235. The number of rotatable bonds is 1. The number of aromatic amines is 1. The van der Waals surface area contributed by atoms with Crippen LogP contribution in [0.15, 0.2) is 27.7 Å². The van der Waals surface area contributed by atoms with Gasteiger partial charge in [-0.3, -0.25) is 14.3 Å². The van der Waals surface area contributed by atoms with Gasteiger partial charge in [0.05, 0.1) is 6.04 Å². The number of hydrogen-bond donors (Lipinski definition) is 2. The van der Waals surface area contributed by atoms with Crippen LogP contribution in [0.25, 0.3) is 11.2 Å². The standard InChI is InChI=1S/C16H15BrFN5O/c17-15-20-12-13(21-16(19)22-14(12)24)23(15)11-4-2-1-3-8-5-6-9(18)7-10(8)11/h5-7,11H,1-4H2,(H3,19,21,22,24). The van der Waals surface area contributed by atoms with E-state index >= 15 is 0 Å². The van der Waals surface area contributed by atoms with Gasteiger partial charge in [-0.1, -0.05) is 12.5 Å². The topological polar surface area (TPSA) is 89.6 Å². The van der Waals surface area contributed by atoms with Crippen LogP contribution in [-0.4, -0.2) is 19.5 Å². The predicted molar refractivity (Wildman–Crippen MR) is 92.4 cm³/mol. The molecule has 3 N–H and O–H groups in total. The van der Waals surface area contributed by atoms with Crippen LogP contribution in [0.2, 0.25) is 0 Å². The first-order chi connectivity index (χ1) is 11.5. The number of H-pyrrole nitrogens is 1. The molecule has 0 saturated carbocycles. The number of imidazole rings is 1. The first kappa shape index (κ1) is 15.3. The summed E-state index contributed by atoms with van der Waals surface area (Å²) in [6.07, 6.45) is 3.75. The third-order valence-electron chi connectivity index (χ3n) is 4.48. The lowest BCUT2D eigenvalue weighted by molar-refractivity contribution is 0.522. The highest BCUT2D eigenvalue weighted by Crippen LogP contribution is 2.36. The summed E-state index contributed by atoms with van der Waals surface area (Å²) in [7, 11) is 0. The minimum absolute atomic E-state index is 0.0363. The van der Waals surface area contributed by atoms with Crippen molar-refractivity contribution in [3.05, 3.63) is 50.2 Å². The number of anilines is 1. The lowest BCUT2D eigenvalue weighted by atomic mass is 9.98. The number of halogens is 2. The van der Waals surface area contributed by atoms with E-state index in [1.807, 2.05) is 10.6 Å². The molecular weight excluding hydrogens is 377 g/mol. The molecule has 0 spiro atoms. The van der Waals surface area contributed by atoms with Crippen LogP contribution in [0.5, 0.6) is 0 Å². The molecule has 1 aliphatic carbocycles. The van der Waals surface area contributed by atoms with Crippen LogP contribution in [-0.2, 0) is 6.42 Å². The van der Waals surface area contributed by atoms with Crippen LogP contribution < -0.4 is 11.3 Å². The van der Waals surface area contributed by atoms with E-state index in [-0.39, 0.29) is 28.9 Å². The summed E-state index contributed by atoms with van der Waals surface area (Å²) in [6, 6.07) is 4.75. The van der Waals surface area contributed by atoms with Crippen molar-refractivity contribution in [2.45, 2.75) is 31.7 Å². The second-order valence-corrected chi connectivity index (χ2v) is 6.69. The number of fused-ring (bicyclic) bond motifs is 2. The third-order valence-corrected chi connectivity index (χ3v) is 5.04. The summed E-state index contributed by atoms with van der Waals surface area (Å²) in [5.41, 5.74) is 7.97. The Hall–Kier alpha value is -2.22. The maximum absolute atomic E-state index is 13.9. The molecule has 24 heavy (non-hydrogen) atoms. The van der Waals surface area contributed by atoms with Crippen LogP contribution >= 0.6 is 15.9 Å². The molecule has 8 heteroatoms. The second kappa shape index (κ2) is 5.70. The highest BCUT2D eigenvalue weighted by atomic mass is 79.9. The fraction of sp³-hybridized carbons (Fsp3) is 0.312. The van der Waals surface area contributed by atoms with E-state index in [1.165, 1.54) is 6.07 Å². The van der Waals surface area contributed by atoms with E-state index in [0.717, 1.165) is 36.8 Å². The minimum Gasteiger partial charge on any atom is -0.369 e. The van der Waals surface area contributed by atoms with Gasteiger partial charge in [0.25, 0.3) is 5.56 Å². The number of nitrogen functional groups attached to an aromatic ring is 1. The zero-order valence-corrected chi connectivity index (χ0v) is 14.3. The van der Waals surface area contributed by atoms with E-state index in [2.05, 4.69) is 30.9 Å². The van der Waals surface area contributed by atoms with Gasteiger partial charge in [0.2, 0.25) is 5.95 Å². The summed E-state index contributed by atoms with van der Waals surface area (Å²) >= 11 is 3.42. The number of nitrogens with one attached hydrogen (secondary N) is 1. The molecule has 124 valence electrons. The van der Waals surface area contributed by atoms with E-state index in [9.17, 15) is 9.18 Å². The number of nitrogens with two attached hydrogens (primary N) is 1. The Morgan fingerprint density at radius 3 is 3.00 bits per heavy atom. The number of aryl methyl sites for hydroxylation is 1. The van der Waals surface area contributed by atoms with Crippen molar-refractivity contribution in [1.29, 1.82) is 0 Å². The van der Waals surface area contributed by atoms with Crippen molar-refractivity contribution in [3.8, 4) is 0 Å². The lowest BCUT2D eigenvalue weighted by Crippen LogP contribution is -2.15. The van der Waals surface area contributed by atoms with Crippen LogP contribution in [0.3, 0.4) is 0 Å². The molecule has 3 aromatic rings. The molecule has 4 rings (SSSR count). The number of aromatic nitrogens is 4. The van der Waals surface area contributed by atoms with E-state index < -0.39 is 0 Å². The summed E-state index contributed by atoms with van der Waals surface area (Å²) < 4.78 is 16.2. The first-order valence-electron chi connectivity index (χ1n) is 7.76. The smallest absolute Gasteiger partial charge is 0.280 e. The average Bonchev–Trinajstić information content (AvgIpc) is 2.73. The Balaban J connectivity index is 2.00. The monoisotopic (exact) mass is 391 g/mol. The van der Waals surface area contributed by atoms with Gasteiger partial charge in [0, 0.05) is 0 Å². The van der Waals surface area contributed by atoms with E-state index in [1.54, 1.807) is 6.07 Å². The van der Waals surface area contributed by atoms with Crippen LogP contribution in [0.1, 0.15) is 36.4 Å². The summed E-state index contributed by atoms with van der Waals surface area (Å²) in [6.45, 7) is 0. The minimum atomic E-state index is -0.384. The maximum atomic E-state index is 13.9. The fourth-order valence-corrected chi connectivity index (χ4v) is 4.02. The van der Waals surface area contributed by atoms with E-state index in [4.69, 9.17) is 5.73 Å². The highest BCUT2D eigenvalue weighted by molar-refractivity contribution is 9.10. The molecule has 0 fully saturated rings. The molecule has 1 atom stereocenters. The zero-order chi connectivity index (χ0) is 16.8. The number of nitrogens with zero attached hydrogens (tertiary/aromatic N) is 3. The predicted octanol–water partition coefficient (Wildman–Crippen LogP) is 2.92. The molecule has 1 aromatic carbocycles. The Morgan fingerprint density at radius 2 is 2.17 bits per heavy atom. The summed E-state index contributed by atoms with van der Waals surface area (Å²) in [5, 5.41) is 0. The van der Waals surface area contributed by atoms with Crippen molar-refractivity contribution >= 4 is 33.0 Å². The SMILES string of the molecule is Nc1nc2c(nc(Br)n2C2CCCCc3ccc(F)cc32)c(=O)[nH]1. The van der Waals surface area contributed by atoms with Crippen molar-refractivity contribution in [2.75, 3.05) is 5.73 Å². The van der Waals surface area contributed by atoms with Crippen LogP contribution in [0.4, 0.5) is 10.3 Å². The maximum Gasteiger partial charge on any atom is 0.280 e. The summed E-state index contributed by atoms with van der Waals surface area (Å²) in [4.78, 5) is 23.1. The molecular formula is C16H15BrFN5O. The molecule has 0 radical (unpaired) electrons. The Labute approximate surface area is 145 Å². The van der Waals surface area contributed by atoms with Gasteiger partial charge < -0.3 is 5.73 Å². The molecule has 1 unspecified atom stereocenters. The van der Waals surface area contributed by atoms with Crippen LogP contribution in [0, 0.1) is 5.82 Å². The normalized spacial score (nSPS) is 17.7. The quantitative estimate of drug-likeness (QED) is 0.492. The highest BCUT2D eigenvalue weighted by Gasteiger charge is 2.26. The van der Waals surface area contributed by atoms with Gasteiger partial charge in [0.15, 0.2) is 15.9 Å². The Bertz CT molecular complexity index is 996. The van der Waals surface area contributed by atoms with Crippen molar-refractivity contribution in [1.82, 2.24) is 19.5 Å².